The normalized spacial score (nSPS) is 18.9. The molecule has 0 amide bonds. The number of ether oxygens (including phenoxy) is 1. The van der Waals surface area contributed by atoms with E-state index in [0.717, 1.165) is 42.4 Å². The Bertz CT molecular complexity index is 340. The van der Waals surface area contributed by atoms with E-state index in [0.29, 0.717) is 0 Å². The van der Waals surface area contributed by atoms with E-state index in [4.69, 9.17) is 16.3 Å². The molecule has 1 aromatic rings. The van der Waals surface area contributed by atoms with Gasteiger partial charge in [-0.3, -0.25) is 0 Å². The number of hydrogen-bond acceptors (Lipinski definition) is 1. The average molecular weight is 354 g/mol. The lowest BCUT2D eigenvalue weighted by Crippen LogP contribution is -3.00. The Labute approximate surface area is 119 Å². The van der Waals surface area contributed by atoms with Crippen molar-refractivity contribution < 1.29 is 33.2 Å². The molecule has 1 saturated heterocycles. The molecular formula is C12H17ClINO. The van der Waals surface area contributed by atoms with Crippen molar-refractivity contribution in [1.29, 1.82) is 0 Å². The van der Waals surface area contributed by atoms with Gasteiger partial charge in [-0.05, 0) is 6.07 Å². The van der Waals surface area contributed by atoms with Crippen molar-refractivity contribution in [1.82, 2.24) is 0 Å². The fourth-order valence-corrected chi connectivity index (χ4v) is 2.18. The van der Waals surface area contributed by atoms with Crippen LogP contribution in [0.5, 0.6) is 0 Å². The fourth-order valence-electron chi connectivity index (χ4n) is 1.98. The Balaban J connectivity index is 0.00000128. The molecule has 16 heavy (non-hydrogen) atoms. The average Bonchev–Trinajstić information content (AvgIpc) is 2.22. The molecule has 0 atom stereocenters. The van der Waals surface area contributed by atoms with Crippen molar-refractivity contribution in [2.75, 3.05) is 33.4 Å². The summed E-state index contributed by atoms with van der Waals surface area (Å²) >= 11 is 6.16. The molecule has 1 aliphatic heterocycles. The first-order valence-corrected chi connectivity index (χ1v) is 5.72. The van der Waals surface area contributed by atoms with Crippen LogP contribution in [0.25, 0.3) is 0 Å². The van der Waals surface area contributed by atoms with Gasteiger partial charge < -0.3 is 33.2 Å². The molecule has 1 aliphatic rings. The molecule has 1 aromatic carbocycles. The minimum absolute atomic E-state index is 0. The number of likely N-dealkylation sites (N-methyl/N-ethyl adjacent to an activating group) is 1. The zero-order valence-corrected chi connectivity index (χ0v) is 12.4. The summed E-state index contributed by atoms with van der Waals surface area (Å²) in [6, 6.07) is 8.10. The number of quaternary nitrogens is 1. The summed E-state index contributed by atoms with van der Waals surface area (Å²) in [7, 11) is 2.27. The number of hydrogen-bond donors (Lipinski definition) is 0. The van der Waals surface area contributed by atoms with E-state index in [1.165, 1.54) is 5.56 Å². The highest BCUT2D eigenvalue weighted by Crippen LogP contribution is 2.21. The first-order valence-electron chi connectivity index (χ1n) is 5.34. The van der Waals surface area contributed by atoms with E-state index in [9.17, 15) is 0 Å². The smallest absolute Gasteiger partial charge is 0.106 e. The molecule has 90 valence electrons. The molecule has 4 heteroatoms. The maximum atomic E-state index is 6.16. The van der Waals surface area contributed by atoms with E-state index in [2.05, 4.69) is 13.1 Å². The van der Waals surface area contributed by atoms with Crippen molar-refractivity contribution in [3.63, 3.8) is 0 Å². The largest absolute Gasteiger partial charge is 1.00 e. The zero-order chi connectivity index (χ0) is 10.7. The van der Waals surface area contributed by atoms with Crippen LogP contribution in [0.4, 0.5) is 0 Å². The minimum Gasteiger partial charge on any atom is -1.00 e. The second-order valence-electron chi connectivity index (χ2n) is 4.43. The zero-order valence-electron chi connectivity index (χ0n) is 9.46. The predicted molar refractivity (Wildman–Crippen MR) is 61.9 cm³/mol. The van der Waals surface area contributed by atoms with Gasteiger partial charge in [-0.15, -0.1) is 0 Å². The van der Waals surface area contributed by atoms with Gasteiger partial charge in [0, 0.05) is 10.6 Å². The van der Waals surface area contributed by atoms with E-state index in [1.54, 1.807) is 0 Å². The van der Waals surface area contributed by atoms with Crippen molar-refractivity contribution in [2.45, 2.75) is 6.54 Å². The summed E-state index contributed by atoms with van der Waals surface area (Å²) in [5.41, 5.74) is 1.24. The fraction of sp³-hybridized carbons (Fsp3) is 0.500. The Hall–Kier alpha value is 0.160. The van der Waals surface area contributed by atoms with Gasteiger partial charge in [-0.1, -0.05) is 29.8 Å². The first-order chi connectivity index (χ1) is 7.20. The van der Waals surface area contributed by atoms with E-state index >= 15 is 0 Å². The van der Waals surface area contributed by atoms with Gasteiger partial charge in [0.15, 0.2) is 0 Å². The molecule has 1 heterocycles. The summed E-state index contributed by atoms with van der Waals surface area (Å²) in [6.07, 6.45) is 0. The number of morpholine rings is 1. The SMILES string of the molecule is C[N+]1(Cc2ccccc2Cl)CCOCC1.[I-]. The monoisotopic (exact) mass is 353 g/mol. The standard InChI is InChI=1S/C12H17ClNO.HI/c1-14(6-8-15-9-7-14)10-11-4-2-3-5-12(11)13;/h2-5H,6-10H2,1H3;1H/q+1;/p-1. The summed E-state index contributed by atoms with van der Waals surface area (Å²) in [5, 5.41) is 0.878. The lowest BCUT2D eigenvalue weighted by molar-refractivity contribution is -0.929. The van der Waals surface area contributed by atoms with Crippen molar-refractivity contribution >= 4 is 11.6 Å². The van der Waals surface area contributed by atoms with Crippen LogP contribution in [0.3, 0.4) is 0 Å². The molecule has 2 nitrogen and oxygen atoms in total. The molecule has 0 aromatic heterocycles. The molecular weight excluding hydrogens is 336 g/mol. The van der Waals surface area contributed by atoms with E-state index in [-0.39, 0.29) is 24.0 Å². The predicted octanol–water partition coefficient (Wildman–Crippen LogP) is -0.679. The number of nitrogens with zero attached hydrogens (tertiary/aromatic N) is 1. The third kappa shape index (κ3) is 3.58. The molecule has 0 radical (unpaired) electrons. The Morgan fingerprint density at radius 2 is 1.88 bits per heavy atom. The number of rotatable bonds is 2. The third-order valence-corrected chi connectivity index (χ3v) is 3.43. The minimum atomic E-state index is 0. The van der Waals surface area contributed by atoms with Crippen molar-refractivity contribution in [3.8, 4) is 0 Å². The van der Waals surface area contributed by atoms with Crippen LogP contribution >= 0.6 is 11.6 Å². The van der Waals surface area contributed by atoms with Crippen LogP contribution in [0, 0.1) is 0 Å². The third-order valence-electron chi connectivity index (χ3n) is 3.06. The van der Waals surface area contributed by atoms with E-state index < -0.39 is 0 Å². The topological polar surface area (TPSA) is 9.23 Å². The van der Waals surface area contributed by atoms with Crippen LogP contribution in [-0.4, -0.2) is 37.8 Å². The number of halogens is 2. The highest BCUT2D eigenvalue weighted by atomic mass is 127. The second-order valence-corrected chi connectivity index (χ2v) is 4.84. The lowest BCUT2D eigenvalue weighted by atomic mass is 10.2. The van der Waals surface area contributed by atoms with Crippen molar-refractivity contribution in [3.05, 3.63) is 34.9 Å². The quantitative estimate of drug-likeness (QED) is 0.506. The number of benzene rings is 1. The van der Waals surface area contributed by atoms with Gasteiger partial charge in [-0.25, -0.2) is 0 Å². The Kier molecular flexibility index (Phi) is 5.50. The first kappa shape index (κ1) is 14.2. The van der Waals surface area contributed by atoms with Gasteiger partial charge in [0.1, 0.15) is 19.6 Å². The molecule has 2 rings (SSSR count). The molecule has 0 spiro atoms. The highest BCUT2D eigenvalue weighted by Gasteiger charge is 2.26. The maximum Gasteiger partial charge on any atom is 0.106 e. The van der Waals surface area contributed by atoms with Crippen molar-refractivity contribution in [2.24, 2.45) is 0 Å². The molecule has 0 N–H and O–H groups in total. The highest BCUT2D eigenvalue weighted by molar-refractivity contribution is 6.31. The summed E-state index contributed by atoms with van der Waals surface area (Å²) in [4.78, 5) is 0. The Morgan fingerprint density at radius 3 is 2.50 bits per heavy atom. The van der Waals surface area contributed by atoms with Crippen LogP contribution in [0.1, 0.15) is 5.56 Å². The molecule has 1 fully saturated rings. The van der Waals surface area contributed by atoms with Gasteiger partial charge in [0.2, 0.25) is 0 Å². The Morgan fingerprint density at radius 1 is 1.25 bits per heavy atom. The van der Waals surface area contributed by atoms with Crippen LogP contribution in [0.2, 0.25) is 5.02 Å². The second kappa shape index (κ2) is 6.19. The van der Waals surface area contributed by atoms with Gasteiger partial charge in [0.25, 0.3) is 0 Å². The molecule has 0 saturated carbocycles. The molecule has 0 bridgehead atoms. The molecule has 0 aliphatic carbocycles. The lowest BCUT2D eigenvalue weighted by Gasteiger charge is -2.37. The maximum absolute atomic E-state index is 6.16. The van der Waals surface area contributed by atoms with Crippen LogP contribution in [0.15, 0.2) is 24.3 Å². The van der Waals surface area contributed by atoms with E-state index in [1.807, 2.05) is 18.2 Å². The van der Waals surface area contributed by atoms with Gasteiger partial charge in [0.05, 0.1) is 20.3 Å². The van der Waals surface area contributed by atoms with Crippen LogP contribution in [-0.2, 0) is 11.3 Å². The molecule has 0 unspecified atom stereocenters. The van der Waals surface area contributed by atoms with Gasteiger partial charge >= 0.3 is 0 Å². The van der Waals surface area contributed by atoms with Crippen LogP contribution < -0.4 is 24.0 Å². The summed E-state index contributed by atoms with van der Waals surface area (Å²) in [5.74, 6) is 0. The van der Waals surface area contributed by atoms with Gasteiger partial charge in [-0.2, -0.15) is 0 Å². The summed E-state index contributed by atoms with van der Waals surface area (Å²) < 4.78 is 6.42. The summed E-state index contributed by atoms with van der Waals surface area (Å²) in [6.45, 7) is 4.88.